The molecule has 1 aromatic heterocycles. The van der Waals surface area contributed by atoms with Gasteiger partial charge in [-0.1, -0.05) is 48.0 Å². The van der Waals surface area contributed by atoms with Gasteiger partial charge in [0.05, 0.1) is 11.7 Å². The van der Waals surface area contributed by atoms with Crippen molar-refractivity contribution in [1.29, 1.82) is 0 Å². The molecule has 84 valence electrons. The van der Waals surface area contributed by atoms with Crippen LogP contribution in [0.2, 0.25) is 5.15 Å². The second-order valence-corrected chi connectivity index (χ2v) is 4.44. The molecule has 3 rings (SSSR count). The van der Waals surface area contributed by atoms with Gasteiger partial charge >= 0.3 is 0 Å². The maximum atomic E-state index is 5.92. The first-order valence-corrected chi connectivity index (χ1v) is 6.18. The molecule has 3 nitrogen and oxygen atoms in total. The van der Waals surface area contributed by atoms with Gasteiger partial charge in [-0.2, -0.15) is 8.75 Å². The summed E-state index contributed by atoms with van der Waals surface area (Å²) in [7, 11) is 0. The number of fused-ring (bicyclic) bond motifs is 1. The second kappa shape index (κ2) is 4.31. The zero-order valence-corrected chi connectivity index (χ0v) is 10.3. The molecule has 0 saturated heterocycles. The Morgan fingerprint density at radius 1 is 1.00 bits per heavy atom. The molecule has 0 spiro atoms. The Hall–Kier alpha value is -1.65. The average Bonchev–Trinajstić information content (AvgIpc) is 2.76. The fourth-order valence-corrected chi connectivity index (χ4v) is 2.36. The van der Waals surface area contributed by atoms with E-state index in [1.807, 2.05) is 24.3 Å². The van der Waals surface area contributed by atoms with Crippen molar-refractivity contribution in [3.8, 4) is 0 Å². The minimum atomic E-state index is 0.405. The Balaban J connectivity index is 2.09. The van der Waals surface area contributed by atoms with Crippen LogP contribution in [0.1, 0.15) is 0 Å². The van der Waals surface area contributed by atoms with E-state index in [0.717, 1.165) is 22.8 Å². The quantitative estimate of drug-likeness (QED) is 0.755. The van der Waals surface area contributed by atoms with Crippen molar-refractivity contribution in [3.63, 3.8) is 0 Å². The predicted molar refractivity (Wildman–Crippen MR) is 72.1 cm³/mol. The van der Waals surface area contributed by atoms with Crippen molar-refractivity contribution in [3.05, 3.63) is 47.6 Å². The lowest BCUT2D eigenvalue weighted by molar-refractivity contribution is 1.46. The van der Waals surface area contributed by atoms with E-state index < -0.39 is 0 Å². The van der Waals surface area contributed by atoms with Gasteiger partial charge in [0.25, 0.3) is 0 Å². The monoisotopic (exact) mass is 261 g/mol. The van der Waals surface area contributed by atoms with Crippen molar-refractivity contribution in [2.75, 3.05) is 5.32 Å². The highest BCUT2D eigenvalue weighted by atomic mass is 35.5. The van der Waals surface area contributed by atoms with E-state index in [2.05, 4.69) is 32.3 Å². The number of nitrogens with one attached hydrogen (secondary N) is 1. The zero-order valence-electron chi connectivity index (χ0n) is 8.72. The molecular formula is C12H8ClN3S. The Morgan fingerprint density at radius 3 is 2.65 bits per heavy atom. The Labute approximate surface area is 107 Å². The van der Waals surface area contributed by atoms with E-state index >= 15 is 0 Å². The summed E-state index contributed by atoms with van der Waals surface area (Å²) in [6, 6.07) is 14.2. The van der Waals surface area contributed by atoms with Gasteiger partial charge in [-0.15, -0.1) is 0 Å². The van der Waals surface area contributed by atoms with Crippen molar-refractivity contribution in [2.24, 2.45) is 0 Å². The van der Waals surface area contributed by atoms with E-state index in [9.17, 15) is 0 Å². The molecule has 0 amide bonds. The number of halogens is 1. The normalized spacial score (nSPS) is 10.6. The van der Waals surface area contributed by atoms with E-state index in [-0.39, 0.29) is 0 Å². The minimum absolute atomic E-state index is 0.405. The number of benzene rings is 2. The van der Waals surface area contributed by atoms with Gasteiger partial charge in [-0.25, -0.2) is 0 Å². The van der Waals surface area contributed by atoms with Crippen molar-refractivity contribution >= 4 is 45.6 Å². The lowest BCUT2D eigenvalue weighted by Gasteiger charge is -2.07. The Bertz CT molecular complexity index is 660. The lowest BCUT2D eigenvalue weighted by atomic mass is 10.1. The number of anilines is 2. The summed E-state index contributed by atoms with van der Waals surface area (Å²) in [6.45, 7) is 0. The molecule has 0 aliphatic heterocycles. The summed E-state index contributed by atoms with van der Waals surface area (Å²) in [5.41, 5.74) is 0.984. The van der Waals surface area contributed by atoms with Gasteiger partial charge < -0.3 is 5.32 Å². The molecule has 0 fully saturated rings. The molecule has 0 aliphatic rings. The van der Waals surface area contributed by atoms with Crippen LogP contribution in [-0.2, 0) is 0 Å². The second-order valence-electron chi connectivity index (χ2n) is 3.56. The van der Waals surface area contributed by atoms with E-state index in [4.69, 9.17) is 11.6 Å². The van der Waals surface area contributed by atoms with Gasteiger partial charge in [0.1, 0.15) is 0 Å². The number of hydrogen-bond acceptors (Lipinski definition) is 4. The summed E-state index contributed by atoms with van der Waals surface area (Å²) in [4.78, 5) is 0. The molecule has 1 heterocycles. The molecule has 2 aromatic carbocycles. The van der Waals surface area contributed by atoms with Crippen LogP contribution in [0.15, 0.2) is 42.5 Å². The summed E-state index contributed by atoms with van der Waals surface area (Å²) >= 11 is 7.01. The first-order valence-electron chi connectivity index (χ1n) is 5.07. The van der Waals surface area contributed by atoms with E-state index in [1.54, 1.807) is 0 Å². The summed E-state index contributed by atoms with van der Waals surface area (Å²) in [5.74, 6) is 0.605. The van der Waals surface area contributed by atoms with Crippen LogP contribution < -0.4 is 5.32 Å². The zero-order chi connectivity index (χ0) is 11.7. The molecule has 0 saturated carbocycles. The van der Waals surface area contributed by atoms with Crippen LogP contribution in [0.4, 0.5) is 11.5 Å². The number of rotatable bonds is 2. The third-order valence-corrected chi connectivity index (χ3v) is 3.38. The Kier molecular flexibility index (Phi) is 2.66. The predicted octanol–water partition coefficient (Wildman–Crippen LogP) is 4.09. The van der Waals surface area contributed by atoms with Crippen LogP contribution in [0.3, 0.4) is 0 Å². The molecule has 0 unspecified atom stereocenters. The largest absolute Gasteiger partial charge is 0.336 e. The summed E-state index contributed by atoms with van der Waals surface area (Å²) in [5, 5.41) is 5.92. The van der Waals surface area contributed by atoms with Crippen molar-refractivity contribution in [2.45, 2.75) is 0 Å². The SMILES string of the molecule is Clc1nsnc1Nc1cccc2ccccc12. The molecule has 1 N–H and O–H groups in total. The first kappa shape index (κ1) is 10.5. The van der Waals surface area contributed by atoms with Gasteiger partial charge in [0.2, 0.25) is 0 Å². The molecule has 0 atom stereocenters. The smallest absolute Gasteiger partial charge is 0.187 e. The van der Waals surface area contributed by atoms with Crippen LogP contribution >= 0.6 is 23.3 Å². The molecule has 0 aliphatic carbocycles. The molecule has 0 bridgehead atoms. The molecule has 5 heteroatoms. The summed E-state index contributed by atoms with van der Waals surface area (Å²) in [6.07, 6.45) is 0. The molecular weight excluding hydrogens is 254 g/mol. The highest BCUT2D eigenvalue weighted by molar-refractivity contribution is 6.99. The molecule has 0 radical (unpaired) electrons. The third-order valence-electron chi connectivity index (χ3n) is 2.49. The topological polar surface area (TPSA) is 37.8 Å². The van der Waals surface area contributed by atoms with Gasteiger partial charge in [0, 0.05) is 11.1 Å². The molecule has 17 heavy (non-hydrogen) atoms. The van der Waals surface area contributed by atoms with Crippen molar-refractivity contribution in [1.82, 2.24) is 8.75 Å². The van der Waals surface area contributed by atoms with Gasteiger partial charge in [-0.05, 0) is 11.5 Å². The van der Waals surface area contributed by atoms with Crippen LogP contribution in [0.25, 0.3) is 10.8 Å². The maximum absolute atomic E-state index is 5.92. The summed E-state index contributed by atoms with van der Waals surface area (Å²) < 4.78 is 8.03. The van der Waals surface area contributed by atoms with Crippen molar-refractivity contribution < 1.29 is 0 Å². The third kappa shape index (κ3) is 1.97. The van der Waals surface area contributed by atoms with Gasteiger partial charge in [-0.3, -0.25) is 0 Å². The number of nitrogens with zero attached hydrogens (tertiary/aromatic N) is 2. The standard InChI is InChI=1S/C12H8ClN3S/c13-11-12(16-17-15-11)14-10-7-3-5-8-4-1-2-6-9(8)10/h1-7H,(H,14,16). The van der Waals surface area contributed by atoms with E-state index in [0.29, 0.717) is 11.0 Å². The highest BCUT2D eigenvalue weighted by Gasteiger charge is 2.07. The number of hydrogen-bond donors (Lipinski definition) is 1. The highest BCUT2D eigenvalue weighted by Crippen LogP contribution is 2.28. The molecule has 3 aromatic rings. The first-order chi connectivity index (χ1) is 8.34. The van der Waals surface area contributed by atoms with Crippen LogP contribution in [0.5, 0.6) is 0 Å². The van der Waals surface area contributed by atoms with Crippen LogP contribution in [-0.4, -0.2) is 8.75 Å². The van der Waals surface area contributed by atoms with E-state index in [1.165, 1.54) is 5.39 Å². The van der Waals surface area contributed by atoms with Gasteiger partial charge in [0.15, 0.2) is 11.0 Å². The van der Waals surface area contributed by atoms with Crippen LogP contribution in [0, 0.1) is 0 Å². The Morgan fingerprint density at radius 2 is 1.82 bits per heavy atom. The number of aromatic nitrogens is 2. The fraction of sp³-hybridized carbons (Fsp3) is 0. The minimum Gasteiger partial charge on any atom is -0.336 e. The average molecular weight is 262 g/mol. The maximum Gasteiger partial charge on any atom is 0.187 e. The lowest BCUT2D eigenvalue weighted by Crippen LogP contribution is -1.91. The fourth-order valence-electron chi connectivity index (χ4n) is 1.71.